The summed E-state index contributed by atoms with van der Waals surface area (Å²) in [6.45, 7) is 1.64. The predicted octanol–water partition coefficient (Wildman–Crippen LogP) is -0.224. The number of sulfonamides is 1. The van der Waals surface area contributed by atoms with Crippen LogP contribution in [0.1, 0.15) is 19.3 Å². The van der Waals surface area contributed by atoms with Crippen LogP contribution in [0.5, 0.6) is 0 Å². The molecule has 1 fully saturated rings. The third-order valence-corrected chi connectivity index (χ3v) is 4.61. The quantitative estimate of drug-likeness (QED) is 0.647. The highest BCUT2D eigenvalue weighted by atomic mass is 32.2. The van der Waals surface area contributed by atoms with Crippen molar-refractivity contribution >= 4 is 10.0 Å². The summed E-state index contributed by atoms with van der Waals surface area (Å²) in [5.74, 6) is 0.209. The van der Waals surface area contributed by atoms with Crippen LogP contribution in [0.25, 0.3) is 0 Å². The van der Waals surface area contributed by atoms with E-state index in [2.05, 4.69) is 0 Å². The monoisotopic (exact) mass is 236 g/mol. The Morgan fingerprint density at radius 2 is 2.20 bits per heavy atom. The van der Waals surface area contributed by atoms with E-state index in [-0.39, 0.29) is 11.9 Å². The second-order valence-electron chi connectivity index (χ2n) is 3.82. The van der Waals surface area contributed by atoms with Gasteiger partial charge in [-0.1, -0.05) is 0 Å². The molecule has 0 amide bonds. The highest BCUT2D eigenvalue weighted by Crippen LogP contribution is 2.16. The molecule has 2 N–H and O–H groups in total. The van der Waals surface area contributed by atoms with E-state index < -0.39 is 10.0 Å². The summed E-state index contributed by atoms with van der Waals surface area (Å²) in [5.41, 5.74) is 5.33. The number of hydrogen-bond acceptors (Lipinski definition) is 4. The Bertz CT molecular complexity index is 279. The largest absolute Gasteiger partial charge is 0.380 e. The fourth-order valence-electron chi connectivity index (χ4n) is 1.70. The van der Waals surface area contributed by atoms with Crippen molar-refractivity contribution in [3.05, 3.63) is 0 Å². The average Bonchev–Trinajstić information content (AvgIpc) is 2.66. The number of nitrogens with zero attached hydrogens (tertiary/aromatic N) is 1. The molecule has 0 radical (unpaired) electrons. The van der Waals surface area contributed by atoms with Gasteiger partial charge in [-0.2, -0.15) is 4.31 Å². The summed E-state index contributed by atoms with van der Waals surface area (Å²) in [6, 6.07) is 0. The van der Waals surface area contributed by atoms with Gasteiger partial charge in [0.15, 0.2) is 0 Å². The van der Waals surface area contributed by atoms with E-state index >= 15 is 0 Å². The lowest BCUT2D eigenvalue weighted by Gasteiger charge is -2.15. The van der Waals surface area contributed by atoms with Gasteiger partial charge in [0.25, 0.3) is 0 Å². The molecule has 1 aliphatic rings. The summed E-state index contributed by atoms with van der Waals surface area (Å²) in [5, 5.41) is 0. The SMILES string of the molecule is COC1CCN(S(=O)(=O)CCCCN)C1. The first-order chi connectivity index (χ1) is 7.10. The fraction of sp³-hybridized carbons (Fsp3) is 1.00. The highest BCUT2D eigenvalue weighted by Gasteiger charge is 2.30. The van der Waals surface area contributed by atoms with Gasteiger partial charge in [-0.15, -0.1) is 0 Å². The summed E-state index contributed by atoms with van der Waals surface area (Å²) in [4.78, 5) is 0. The Labute approximate surface area is 91.6 Å². The van der Waals surface area contributed by atoms with Crippen LogP contribution in [0, 0.1) is 0 Å². The topological polar surface area (TPSA) is 72.6 Å². The van der Waals surface area contributed by atoms with Crippen molar-refractivity contribution in [1.82, 2.24) is 4.31 Å². The van der Waals surface area contributed by atoms with Crippen LogP contribution < -0.4 is 5.73 Å². The van der Waals surface area contributed by atoms with Crippen molar-refractivity contribution in [1.29, 1.82) is 0 Å². The maximum atomic E-state index is 11.8. The molecular formula is C9H20N2O3S. The fourth-order valence-corrected chi connectivity index (χ4v) is 3.30. The van der Waals surface area contributed by atoms with Crippen LogP contribution in [0.3, 0.4) is 0 Å². The Kier molecular flexibility index (Phi) is 4.98. The molecule has 0 aromatic rings. The smallest absolute Gasteiger partial charge is 0.214 e. The number of methoxy groups -OCH3 is 1. The van der Waals surface area contributed by atoms with E-state index in [1.807, 2.05) is 0 Å². The minimum Gasteiger partial charge on any atom is -0.380 e. The Morgan fingerprint density at radius 1 is 1.47 bits per heavy atom. The first kappa shape index (κ1) is 12.9. The van der Waals surface area contributed by atoms with Crippen LogP contribution in [0.2, 0.25) is 0 Å². The predicted molar refractivity (Wildman–Crippen MR) is 59.1 cm³/mol. The van der Waals surface area contributed by atoms with E-state index in [0.29, 0.717) is 26.1 Å². The van der Waals surface area contributed by atoms with Gasteiger partial charge >= 0.3 is 0 Å². The van der Waals surface area contributed by atoms with Gasteiger partial charge in [0.05, 0.1) is 11.9 Å². The van der Waals surface area contributed by atoms with Crippen molar-refractivity contribution < 1.29 is 13.2 Å². The van der Waals surface area contributed by atoms with Crippen molar-refractivity contribution in [2.75, 3.05) is 32.5 Å². The molecule has 1 saturated heterocycles. The first-order valence-electron chi connectivity index (χ1n) is 5.31. The van der Waals surface area contributed by atoms with Crippen molar-refractivity contribution in [2.24, 2.45) is 5.73 Å². The molecule has 1 atom stereocenters. The second kappa shape index (κ2) is 5.79. The molecule has 1 rings (SSSR count). The molecule has 15 heavy (non-hydrogen) atoms. The number of hydrogen-bond donors (Lipinski definition) is 1. The van der Waals surface area contributed by atoms with Crippen LogP contribution >= 0.6 is 0 Å². The van der Waals surface area contributed by atoms with Crippen molar-refractivity contribution in [2.45, 2.75) is 25.4 Å². The lowest BCUT2D eigenvalue weighted by molar-refractivity contribution is 0.115. The van der Waals surface area contributed by atoms with Crippen molar-refractivity contribution in [3.8, 4) is 0 Å². The van der Waals surface area contributed by atoms with Gasteiger partial charge in [-0.05, 0) is 25.8 Å². The zero-order valence-corrected chi connectivity index (χ0v) is 10.0. The molecule has 6 heteroatoms. The second-order valence-corrected chi connectivity index (χ2v) is 5.90. The van der Waals surface area contributed by atoms with Gasteiger partial charge in [0.1, 0.15) is 0 Å². The standard InChI is InChI=1S/C9H20N2O3S/c1-14-9-4-6-11(8-9)15(12,13)7-3-2-5-10/h9H,2-8,10H2,1H3. The minimum absolute atomic E-state index is 0.0642. The van der Waals surface area contributed by atoms with Gasteiger partial charge in [-0.25, -0.2) is 8.42 Å². The normalized spacial score (nSPS) is 23.5. The van der Waals surface area contributed by atoms with E-state index in [0.717, 1.165) is 12.8 Å². The molecule has 1 unspecified atom stereocenters. The molecule has 0 aliphatic carbocycles. The van der Waals surface area contributed by atoms with Crippen LogP contribution in [0.15, 0.2) is 0 Å². The Hall–Kier alpha value is -0.170. The third kappa shape index (κ3) is 3.71. The molecule has 0 aromatic heterocycles. The van der Waals surface area contributed by atoms with Crippen LogP contribution in [-0.2, 0) is 14.8 Å². The summed E-state index contributed by atoms with van der Waals surface area (Å²) in [7, 11) is -1.46. The number of unbranched alkanes of at least 4 members (excludes halogenated alkanes) is 1. The lowest BCUT2D eigenvalue weighted by atomic mass is 10.3. The maximum Gasteiger partial charge on any atom is 0.214 e. The van der Waals surface area contributed by atoms with Gasteiger partial charge in [0.2, 0.25) is 10.0 Å². The van der Waals surface area contributed by atoms with Gasteiger partial charge in [0, 0.05) is 20.2 Å². The zero-order chi connectivity index (χ0) is 11.3. The first-order valence-corrected chi connectivity index (χ1v) is 6.91. The van der Waals surface area contributed by atoms with E-state index in [9.17, 15) is 8.42 Å². The van der Waals surface area contributed by atoms with Crippen LogP contribution in [-0.4, -0.2) is 51.3 Å². The molecule has 0 spiro atoms. The molecule has 0 bridgehead atoms. The molecule has 0 aromatic carbocycles. The highest BCUT2D eigenvalue weighted by molar-refractivity contribution is 7.89. The van der Waals surface area contributed by atoms with E-state index in [1.165, 1.54) is 4.31 Å². The number of ether oxygens (including phenoxy) is 1. The molecule has 1 heterocycles. The molecule has 90 valence electrons. The maximum absolute atomic E-state index is 11.8. The Balaban J connectivity index is 2.41. The zero-order valence-electron chi connectivity index (χ0n) is 9.18. The number of rotatable bonds is 6. The lowest BCUT2D eigenvalue weighted by Crippen LogP contribution is -2.32. The third-order valence-electron chi connectivity index (χ3n) is 2.69. The molecule has 1 aliphatic heterocycles. The Morgan fingerprint density at radius 3 is 2.73 bits per heavy atom. The van der Waals surface area contributed by atoms with Gasteiger partial charge in [-0.3, -0.25) is 0 Å². The summed E-state index contributed by atoms with van der Waals surface area (Å²) >= 11 is 0. The molecule has 0 saturated carbocycles. The molecule has 5 nitrogen and oxygen atoms in total. The average molecular weight is 236 g/mol. The van der Waals surface area contributed by atoms with Crippen LogP contribution in [0.4, 0.5) is 0 Å². The van der Waals surface area contributed by atoms with E-state index in [4.69, 9.17) is 10.5 Å². The number of nitrogens with two attached hydrogens (primary N) is 1. The summed E-state index contributed by atoms with van der Waals surface area (Å²) < 4.78 is 30.3. The van der Waals surface area contributed by atoms with Gasteiger partial charge < -0.3 is 10.5 Å². The minimum atomic E-state index is -3.08. The molecular weight excluding hydrogens is 216 g/mol. The van der Waals surface area contributed by atoms with E-state index in [1.54, 1.807) is 7.11 Å². The van der Waals surface area contributed by atoms with Crippen molar-refractivity contribution in [3.63, 3.8) is 0 Å². The summed E-state index contributed by atoms with van der Waals surface area (Å²) in [6.07, 6.45) is 2.27.